The summed E-state index contributed by atoms with van der Waals surface area (Å²) in [5.74, 6) is -0.852. The maximum absolute atomic E-state index is 12.7. The van der Waals surface area contributed by atoms with Gasteiger partial charge in [0.2, 0.25) is 0 Å². The molecule has 1 aromatic rings. The van der Waals surface area contributed by atoms with Crippen LogP contribution in [0.3, 0.4) is 0 Å². The van der Waals surface area contributed by atoms with Crippen LogP contribution in [-0.2, 0) is 6.18 Å². The monoisotopic (exact) mass is 244 g/mol. The molecule has 0 aliphatic carbocycles. The Balaban J connectivity index is 3.19. The van der Waals surface area contributed by atoms with Gasteiger partial charge in [-0.15, -0.1) is 0 Å². The minimum absolute atomic E-state index is 0.0174. The first-order valence-electron chi connectivity index (χ1n) is 5.45. The zero-order chi connectivity index (χ0) is 13.2. The molecule has 1 atom stereocenters. The summed E-state index contributed by atoms with van der Waals surface area (Å²) in [6, 6.07) is 4.93. The van der Waals surface area contributed by atoms with Gasteiger partial charge in [0.1, 0.15) is 0 Å². The second-order valence-corrected chi connectivity index (χ2v) is 4.44. The van der Waals surface area contributed by atoms with E-state index in [-0.39, 0.29) is 11.5 Å². The highest BCUT2D eigenvalue weighted by Gasteiger charge is 2.35. The number of halogens is 3. The van der Waals surface area contributed by atoms with Gasteiger partial charge in [0, 0.05) is 11.5 Å². The van der Waals surface area contributed by atoms with Crippen LogP contribution in [0.25, 0.3) is 0 Å². The zero-order valence-corrected chi connectivity index (χ0v) is 10.0. The smallest absolute Gasteiger partial charge is 0.294 e. The number of hydrogen-bond donors (Lipinski definition) is 0. The van der Waals surface area contributed by atoms with Gasteiger partial charge in [-0.2, -0.15) is 13.2 Å². The number of benzene rings is 1. The first kappa shape index (κ1) is 13.7. The normalized spacial score (nSPS) is 13.8. The fraction of sp³-hybridized carbons (Fsp3) is 0.462. The third-order valence-electron chi connectivity index (χ3n) is 2.91. The van der Waals surface area contributed by atoms with Crippen LogP contribution in [0.5, 0.6) is 0 Å². The molecular weight excluding hydrogens is 229 g/mol. The Kier molecular flexibility index (Phi) is 3.96. The van der Waals surface area contributed by atoms with Crippen molar-refractivity contribution in [3.63, 3.8) is 0 Å². The summed E-state index contributed by atoms with van der Waals surface area (Å²) in [4.78, 5) is 12.0. The Hall–Kier alpha value is -1.32. The van der Waals surface area contributed by atoms with Gasteiger partial charge < -0.3 is 0 Å². The van der Waals surface area contributed by atoms with E-state index < -0.39 is 23.4 Å². The molecule has 0 aromatic heterocycles. The summed E-state index contributed by atoms with van der Waals surface area (Å²) >= 11 is 0. The lowest BCUT2D eigenvalue weighted by molar-refractivity contribution is -0.137. The first-order valence-corrected chi connectivity index (χ1v) is 5.45. The van der Waals surface area contributed by atoms with E-state index in [2.05, 4.69) is 0 Å². The molecule has 0 amide bonds. The van der Waals surface area contributed by atoms with E-state index in [1.54, 1.807) is 6.92 Å². The van der Waals surface area contributed by atoms with E-state index in [0.717, 1.165) is 6.07 Å². The first-order chi connectivity index (χ1) is 7.75. The Morgan fingerprint density at radius 3 is 2.12 bits per heavy atom. The van der Waals surface area contributed by atoms with Crippen LogP contribution < -0.4 is 0 Å². The molecule has 0 bridgehead atoms. The van der Waals surface area contributed by atoms with Gasteiger partial charge >= 0.3 is 6.18 Å². The second-order valence-electron chi connectivity index (χ2n) is 4.44. The fourth-order valence-electron chi connectivity index (χ4n) is 1.49. The molecule has 1 unspecified atom stereocenters. The Morgan fingerprint density at radius 1 is 1.12 bits per heavy atom. The summed E-state index contributed by atoms with van der Waals surface area (Å²) in [5.41, 5.74) is -1.08. The Morgan fingerprint density at radius 2 is 1.65 bits per heavy atom. The number of hydrogen-bond acceptors (Lipinski definition) is 1. The van der Waals surface area contributed by atoms with E-state index in [1.165, 1.54) is 18.2 Å². The SMILES string of the molecule is CC(C)C(C)C(=O)c1ccccc1C(F)(F)F. The molecular formula is C13H15F3O. The van der Waals surface area contributed by atoms with Crippen LogP contribution in [0.1, 0.15) is 36.7 Å². The molecule has 0 spiro atoms. The molecule has 1 aromatic carbocycles. The average Bonchev–Trinajstić information content (AvgIpc) is 2.25. The van der Waals surface area contributed by atoms with E-state index >= 15 is 0 Å². The third-order valence-corrected chi connectivity index (χ3v) is 2.91. The highest BCUT2D eigenvalue weighted by Crippen LogP contribution is 2.33. The summed E-state index contributed by atoms with van der Waals surface area (Å²) < 4.78 is 38.2. The van der Waals surface area contributed by atoms with Gasteiger partial charge in [-0.3, -0.25) is 4.79 Å². The van der Waals surface area contributed by atoms with Crippen LogP contribution in [0.15, 0.2) is 24.3 Å². The summed E-state index contributed by atoms with van der Waals surface area (Å²) in [5, 5.41) is 0. The number of carbonyl (C=O) groups is 1. The maximum atomic E-state index is 12.7. The lowest BCUT2D eigenvalue weighted by Gasteiger charge is -2.17. The Bertz CT molecular complexity index is 407. The van der Waals surface area contributed by atoms with E-state index in [0.29, 0.717) is 0 Å². The van der Waals surface area contributed by atoms with Gasteiger partial charge in [0.15, 0.2) is 5.78 Å². The summed E-state index contributed by atoms with van der Waals surface area (Å²) in [6.07, 6.45) is -4.48. The molecule has 0 aliphatic heterocycles. The van der Waals surface area contributed by atoms with Crippen molar-refractivity contribution in [2.75, 3.05) is 0 Å². The van der Waals surface area contributed by atoms with Gasteiger partial charge in [-0.25, -0.2) is 0 Å². The average molecular weight is 244 g/mol. The molecule has 1 rings (SSSR count). The van der Waals surface area contributed by atoms with Crippen LogP contribution in [-0.4, -0.2) is 5.78 Å². The third kappa shape index (κ3) is 3.08. The number of rotatable bonds is 3. The second kappa shape index (κ2) is 4.90. The van der Waals surface area contributed by atoms with Crippen molar-refractivity contribution in [2.45, 2.75) is 26.9 Å². The van der Waals surface area contributed by atoms with Crippen LogP contribution >= 0.6 is 0 Å². The van der Waals surface area contributed by atoms with Crippen molar-refractivity contribution in [1.82, 2.24) is 0 Å². The molecule has 0 fully saturated rings. The predicted octanol–water partition coefficient (Wildman–Crippen LogP) is 4.18. The van der Waals surface area contributed by atoms with Gasteiger partial charge in [-0.05, 0) is 12.0 Å². The minimum Gasteiger partial charge on any atom is -0.294 e. The standard InChI is InChI=1S/C13H15F3O/c1-8(2)9(3)12(17)10-6-4-5-7-11(10)13(14,15)16/h4-9H,1-3H3. The summed E-state index contributed by atoms with van der Waals surface area (Å²) in [6.45, 7) is 5.29. The molecule has 0 saturated carbocycles. The quantitative estimate of drug-likeness (QED) is 0.729. The van der Waals surface area contributed by atoms with Gasteiger partial charge in [0.05, 0.1) is 5.56 Å². The van der Waals surface area contributed by atoms with Crippen LogP contribution in [0, 0.1) is 11.8 Å². The molecule has 0 aliphatic rings. The molecule has 0 heterocycles. The van der Waals surface area contributed by atoms with Crippen molar-refractivity contribution >= 4 is 5.78 Å². The van der Waals surface area contributed by atoms with E-state index in [4.69, 9.17) is 0 Å². The van der Waals surface area contributed by atoms with Gasteiger partial charge in [0.25, 0.3) is 0 Å². The predicted molar refractivity (Wildman–Crippen MR) is 59.8 cm³/mol. The molecule has 0 N–H and O–H groups in total. The number of Topliss-reactive ketones (excluding diaryl/α,β-unsaturated/α-hetero) is 1. The zero-order valence-electron chi connectivity index (χ0n) is 10.0. The molecule has 17 heavy (non-hydrogen) atoms. The van der Waals surface area contributed by atoms with Crippen molar-refractivity contribution in [2.24, 2.45) is 11.8 Å². The summed E-state index contributed by atoms with van der Waals surface area (Å²) in [7, 11) is 0. The molecule has 0 saturated heterocycles. The van der Waals surface area contributed by atoms with Crippen molar-refractivity contribution in [3.8, 4) is 0 Å². The maximum Gasteiger partial charge on any atom is 0.417 e. The van der Waals surface area contributed by atoms with E-state index in [9.17, 15) is 18.0 Å². The number of carbonyl (C=O) groups excluding carboxylic acids is 1. The highest BCUT2D eigenvalue weighted by molar-refractivity contribution is 5.99. The number of alkyl halides is 3. The molecule has 4 heteroatoms. The molecule has 0 radical (unpaired) electrons. The van der Waals surface area contributed by atoms with Crippen molar-refractivity contribution in [1.29, 1.82) is 0 Å². The highest BCUT2D eigenvalue weighted by atomic mass is 19.4. The molecule has 1 nitrogen and oxygen atoms in total. The molecule has 94 valence electrons. The largest absolute Gasteiger partial charge is 0.417 e. The minimum atomic E-state index is -4.48. The lowest BCUT2D eigenvalue weighted by Crippen LogP contribution is -2.21. The van der Waals surface area contributed by atoms with Crippen LogP contribution in [0.2, 0.25) is 0 Å². The lowest BCUT2D eigenvalue weighted by atomic mass is 9.88. The van der Waals surface area contributed by atoms with Crippen molar-refractivity contribution in [3.05, 3.63) is 35.4 Å². The fourth-order valence-corrected chi connectivity index (χ4v) is 1.49. The number of ketones is 1. The van der Waals surface area contributed by atoms with Crippen LogP contribution in [0.4, 0.5) is 13.2 Å². The Labute approximate surface area is 98.6 Å². The van der Waals surface area contributed by atoms with Crippen molar-refractivity contribution < 1.29 is 18.0 Å². The topological polar surface area (TPSA) is 17.1 Å². The van der Waals surface area contributed by atoms with Gasteiger partial charge in [-0.1, -0.05) is 39.0 Å². The van der Waals surface area contributed by atoms with E-state index in [1.807, 2.05) is 13.8 Å².